The van der Waals surface area contributed by atoms with Gasteiger partial charge < -0.3 is 0 Å². The fraction of sp³-hybridized carbons (Fsp3) is 0. The van der Waals surface area contributed by atoms with Crippen LogP contribution < -0.4 is 0 Å². The van der Waals surface area contributed by atoms with E-state index >= 15 is 0 Å². The second-order valence-electron chi connectivity index (χ2n) is 9.98. The highest BCUT2D eigenvalue weighted by Gasteiger charge is 2.15. The fourth-order valence-corrected chi connectivity index (χ4v) is 6.79. The Morgan fingerprint density at radius 3 is 2.00 bits per heavy atom. The van der Waals surface area contributed by atoms with Gasteiger partial charge in [-0.15, -0.1) is 11.3 Å². The van der Waals surface area contributed by atoms with Gasteiger partial charge in [-0.3, -0.25) is 0 Å². The summed E-state index contributed by atoms with van der Waals surface area (Å²) in [4.78, 5) is 10.4. The van der Waals surface area contributed by atoms with Gasteiger partial charge in [0.1, 0.15) is 0 Å². The molecule has 2 aromatic heterocycles. The molecule has 0 aliphatic carbocycles. The molecule has 0 amide bonds. The highest BCUT2D eigenvalue weighted by molar-refractivity contribution is 7.25. The van der Waals surface area contributed by atoms with Crippen LogP contribution in [0.1, 0.15) is 0 Å². The predicted octanol–water partition coefficient (Wildman–Crippen LogP) is 10.8. The van der Waals surface area contributed by atoms with Gasteiger partial charge in [0.15, 0.2) is 5.82 Å². The van der Waals surface area contributed by atoms with Crippen molar-refractivity contribution in [3.8, 4) is 33.8 Å². The number of thiophene rings is 1. The summed E-state index contributed by atoms with van der Waals surface area (Å²) in [5, 5.41) is 6.42. The van der Waals surface area contributed by atoms with Crippen LogP contribution in [0.4, 0.5) is 0 Å². The number of nitrogens with zero attached hydrogens (tertiary/aromatic N) is 2. The largest absolute Gasteiger partial charge is 0.227 e. The van der Waals surface area contributed by atoms with Gasteiger partial charge in [-0.1, -0.05) is 96.5 Å². The van der Waals surface area contributed by atoms with Crippen molar-refractivity contribution in [2.24, 2.45) is 0 Å². The summed E-state index contributed by atoms with van der Waals surface area (Å²) in [5.74, 6) is 0.717. The Kier molecular flexibility index (Phi) is 5.41. The number of hydrogen-bond acceptors (Lipinski definition) is 3. The Labute approximate surface area is 240 Å². The minimum Gasteiger partial charge on any atom is -0.227 e. The first-order valence-electron chi connectivity index (χ1n) is 13.2. The maximum atomic E-state index is 6.37. The third kappa shape index (κ3) is 3.86. The van der Waals surface area contributed by atoms with Crippen LogP contribution in [0.15, 0.2) is 127 Å². The molecule has 8 rings (SSSR count). The third-order valence-corrected chi connectivity index (χ3v) is 8.93. The second-order valence-corrected chi connectivity index (χ2v) is 11.5. The molecule has 0 bridgehead atoms. The molecule has 6 aromatic carbocycles. The van der Waals surface area contributed by atoms with Gasteiger partial charge >= 0.3 is 0 Å². The van der Waals surface area contributed by atoms with E-state index in [2.05, 4.69) is 109 Å². The first-order valence-corrected chi connectivity index (χ1v) is 14.4. The van der Waals surface area contributed by atoms with Crippen LogP contribution in [0.5, 0.6) is 0 Å². The van der Waals surface area contributed by atoms with E-state index in [-0.39, 0.29) is 0 Å². The molecule has 8 aromatic rings. The van der Waals surface area contributed by atoms with Gasteiger partial charge in [-0.25, -0.2) is 9.97 Å². The molecule has 0 N–H and O–H groups in total. The summed E-state index contributed by atoms with van der Waals surface area (Å²) in [7, 11) is 0. The lowest BCUT2D eigenvalue weighted by Crippen LogP contribution is -1.96. The smallest absolute Gasteiger partial charge is 0.160 e. The SMILES string of the molecule is Clc1ccc2sc3ccc(-c4nc(-c5ccc(-c6ccccc6)cc5)c5ccc6ccccc6c5n4)cc3c2c1. The van der Waals surface area contributed by atoms with Crippen LogP contribution >= 0.6 is 22.9 Å². The number of hydrogen-bond donors (Lipinski definition) is 0. The van der Waals surface area contributed by atoms with Crippen molar-refractivity contribution in [1.82, 2.24) is 9.97 Å². The van der Waals surface area contributed by atoms with Gasteiger partial charge in [-0.2, -0.15) is 0 Å². The number of fused-ring (bicyclic) bond motifs is 6. The highest BCUT2D eigenvalue weighted by Crippen LogP contribution is 2.39. The fourth-order valence-electron chi connectivity index (χ4n) is 5.55. The molecule has 0 unspecified atom stereocenters. The van der Waals surface area contributed by atoms with Crippen LogP contribution in [0, 0.1) is 0 Å². The van der Waals surface area contributed by atoms with Gasteiger partial charge in [0, 0.05) is 47.1 Å². The molecular weight excluding hydrogens is 528 g/mol. The van der Waals surface area contributed by atoms with Crippen molar-refractivity contribution >= 4 is 64.8 Å². The highest BCUT2D eigenvalue weighted by atomic mass is 35.5. The monoisotopic (exact) mass is 548 g/mol. The van der Waals surface area contributed by atoms with Gasteiger partial charge in [-0.05, 0) is 59.0 Å². The zero-order valence-corrected chi connectivity index (χ0v) is 22.9. The first-order chi connectivity index (χ1) is 19.7. The van der Waals surface area contributed by atoms with Crippen LogP contribution in [0.2, 0.25) is 5.02 Å². The second kappa shape index (κ2) is 9.27. The van der Waals surface area contributed by atoms with Crippen LogP contribution in [-0.4, -0.2) is 9.97 Å². The van der Waals surface area contributed by atoms with Gasteiger partial charge in [0.2, 0.25) is 0 Å². The summed E-state index contributed by atoms with van der Waals surface area (Å²) in [6, 6.07) is 44.5. The Morgan fingerprint density at radius 1 is 0.475 bits per heavy atom. The third-order valence-electron chi connectivity index (χ3n) is 7.55. The topological polar surface area (TPSA) is 25.8 Å². The van der Waals surface area contributed by atoms with Gasteiger partial charge in [0.25, 0.3) is 0 Å². The normalized spacial score (nSPS) is 11.6. The standard InChI is InChI=1S/C36H21ClN2S/c37-27-16-19-33-31(21-27)30-20-26(15-18-32(30)40-33)36-38-34(25-12-10-23(11-13-25)22-6-2-1-3-7-22)29-17-14-24-8-4-5-9-28(24)35(29)39-36/h1-21H. The van der Waals surface area contributed by atoms with E-state index in [0.717, 1.165) is 43.5 Å². The zero-order chi connectivity index (χ0) is 26.6. The maximum Gasteiger partial charge on any atom is 0.160 e. The Bertz CT molecular complexity index is 2220. The number of aromatic nitrogens is 2. The van der Waals surface area contributed by atoms with Crippen molar-refractivity contribution in [3.05, 3.63) is 132 Å². The molecule has 188 valence electrons. The van der Waals surface area contributed by atoms with Crippen molar-refractivity contribution in [2.45, 2.75) is 0 Å². The molecule has 2 nitrogen and oxygen atoms in total. The Morgan fingerprint density at radius 2 is 1.15 bits per heavy atom. The Balaban J connectivity index is 1.36. The zero-order valence-electron chi connectivity index (χ0n) is 21.3. The number of benzene rings is 6. The minimum absolute atomic E-state index is 0.717. The lowest BCUT2D eigenvalue weighted by Gasteiger charge is -2.12. The molecule has 0 spiro atoms. The molecule has 0 aliphatic heterocycles. The van der Waals surface area contributed by atoms with E-state index < -0.39 is 0 Å². The Hall–Kier alpha value is -4.57. The molecule has 0 fully saturated rings. The summed E-state index contributed by atoms with van der Waals surface area (Å²) < 4.78 is 2.45. The molecule has 40 heavy (non-hydrogen) atoms. The van der Waals surface area contributed by atoms with E-state index in [9.17, 15) is 0 Å². The summed E-state index contributed by atoms with van der Waals surface area (Å²) in [5.41, 5.74) is 6.33. The minimum atomic E-state index is 0.717. The van der Waals surface area contributed by atoms with E-state index in [0.29, 0.717) is 5.82 Å². The van der Waals surface area contributed by atoms with Crippen LogP contribution in [0.25, 0.3) is 75.6 Å². The predicted molar refractivity (Wildman–Crippen MR) is 171 cm³/mol. The molecule has 4 heteroatoms. The van der Waals surface area contributed by atoms with Crippen LogP contribution in [-0.2, 0) is 0 Å². The van der Waals surface area contributed by atoms with E-state index in [1.165, 1.54) is 31.3 Å². The van der Waals surface area contributed by atoms with Crippen molar-refractivity contribution < 1.29 is 0 Å². The lowest BCUT2D eigenvalue weighted by atomic mass is 9.99. The summed E-state index contributed by atoms with van der Waals surface area (Å²) in [6.07, 6.45) is 0. The van der Waals surface area contributed by atoms with Crippen LogP contribution in [0.3, 0.4) is 0 Å². The van der Waals surface area contributed by atoms with E-state index in [1.807, 2.05) is 18.2 Å². The summed E-state index contributed by atoms with van der Waals surface area (Å²) >= 11 is 8.15. The first kappa shape index (κ1) is 23.3. The number of rotatable bonds is 3. The average Bonchev–Trinajstić information content (AvgIpc) is 3.38. The maximum absolute atomic E-state index is 6.37. The van der Waals surface area contributed by atoms with Crippen molar-refractivity contribution in [1.29, 1.82) is 0 Å². The molecule has 0 radical (unpaired) electrons. The van der Waals surface area contributed by atoms with Crippen molar-refractivity contribution in [2.75, 3.05) is 0 Å². The average molecular weight is 549 g/mol. The summed E-state index contributed by atoms with van der Waals surface area (Å²) in [6.45, 7) is 0. The van der Waals surface area contributed by atoms with Crippen molar-refractivity contribution in [3.63, 3.8) is 0 Å². The molecule has 2 heterocycles. The molecule has 0 saturated carbocycles. The van der Waals surface area contributed by atoms with E-state index in [4.69, 9.17) is 21.6 Å². The molecule has 0 aliphatic rings. The quantitative estimate of drug-likeness (QED) is 0.205. The lowest BCUT2D eigenvalue weighted by molar-refractivity contribution is 1.24. The molecule has 0 saturated heterocycles. The molecular formula is C36H21ClN2S. The van der Waals surface area contributed by atoms with E-state index in [1.54, 1.807) is 11.3 Å². The van der Waals surface area contributed by atoms with Gasteiger partial charge in [0.05, 0.1) is 11.2 Å². The number of halogens is 1. The molecule has 0 atom stereocenters.